The number of nitrogens with zero attached hydrogens (tertiary/aromatic N) is 5. The molecule has 0 aromatic carbocycles. The average molecular weight is 679 g/mol. The molecular formula is C32H38N8O5S2. The van der Waals surface area contributed by atoms with Gasteiger partial charge in [0.2, 0.25) is 11.8 Å². The van der Waals surface area contributed by atoms with Gasteiger partial charge in [0.05, 0.1) is 35.9 Å². The second kappa shape index (κ2) is 16.9. The number of carbonyl (C=O) groups excluding carboxylic acids is 2. The minimum Gasteiger partial charge on any atom is -0.492 e. The molecule has 2 aliphatic rings. The fraction of sp³-hybridized carbons (Fsp3) is 0.344. The van der Waals surface area contributed by atoms with Crippen molar-refractivity contribution in [3.8, 4) is 5.88 Å². The summed E-state index contributed by atoms with van der Waals surface area (Å²) < 4.78 is 0. The van der Waals surface area contributed by atoms with E-state index in [1.807, 2.05) is 58.0 Å². The zero-order chi connectivity index (χ0) is 33.9. The standard InChI is InChI=1S/C16H18N4O2S.C8H14N2O2S.C8H6N2O/c1-9(2)12(8-21)19-16-20-15(22)13(23-16)6-10-7-18-14-11(10)4-3-5-17-14;1-5(2)6(3-11)9-8-10-7(12)4-13-8;11-5-6-4-10-8-7(6)2-1-3-9-8/h3-7,9,12,21-22H,8H2,1-2H3,(H,19,20);5-6,11H,3-4H2,1-2H3,(H,9,10,12);1-5H,(H,9,10)/t12-;6-;/m00./s1. The molecule has 0 radical (unpaired) electrons. The van der Waals surface area contributed by atoms with Crippen LogP contribution in [-0.2, 0) is 4.79 Å². The van der Waals surface area contributed by atoms with Crippen LogP contribution in [0.15, 0.2) is 52.8 Å². The minimum absolute atomic E-state index is 0.0100. The fourth-order valence-electron chi connectivity index (χ4n) is 4.26. The van der Waals surface area contributed by atoms with E-state index in [0.717, 1.165) is 28.5 Å². The van der Waals surface area contributed by atoms with Crippen molar-refractivity contribution in [2.45, 2.75) is 39.8 Å². The number of aliphatic imine (C=N–C) groups is 2. The van der Waals surface area contributed by atoms with Gasteiger partial charge in [-0.05, 0) is 42.2 Å². The Hall–Kier alpha value is -4.44. The minimum atomic E-state index is -0.110. The molecule has 0 bridgehead atoms. The summed E-state index contributed by atoms with van der Waals surface area (Å²) in [6.45, 7) is 8.06. The molecule has 1 amide bonds. The van der Waals surface area contributed by atoms with Crippen LogP contribution in [0.4, 0.5) is 10.9 Å². The lowest BCUT2D eigenvalue weighted by Crippen LogP contribution is -2.29. The Morgan fingerprint density at radius 3 is 2.51 bits per heavy atom. The number of aldehydes is 1. The third-order valence-corrected chi connectivity index (χ3v) is 8.90. The molecule has 1 fully saturated rings. The average Bonchev–Trinajstić information content (AvgIpc) is 3.86. The first-order chi connectivity index (χ1) is 22.6. The van der Waals surface area contributed by atoms with E-state index in [-0.39, 0.29) is 48.9 Å². The van der Waals surface area contributed by atoms with Gasteiger partial charge in [-0.2, -0.15) is 4.98 Å². The maximum Gasteiger partial charge on any atom is 0.236 e. The molecule has 47 heavy (non-hydrogen) atoms. The first-order valence-electron chi connectivity index (χ1n) is 14.9. The number of thiazole rings is 1. The van der Waals surface area contributed by atoms with Crippen molar-refractivity contribution >= 4 is 80.3 Å². The van der Waals surface area contributed by atoms with Gasteiger partial charge in [0.1, 0.15) is 5.65 Å². The van der Waals surface area contributed by atoms with Gasteiger partial charge < -0.3 is 30.9 Å². The number of H-pyrrole nitrogens is 1. The zero-order valence-electron chi connectivity index (χ0n) is 26.4. The fourth-order valence-corrected chi connectivity index (χ4v) is 5.87. The van der Waals surface area contributed by atoms with Gasteiger partial charge in [-0.25, -0.2) is 15.0 Å². The van der Waals surface area contributed by atoms with E-state index in [2.05, 4.69) is 40.6 Å². The number of anilines is 1. The Bertz CT molecular complexity index is 1760. The topological polar surface area (TPSA) is 198 Å². The quantitative estimate of drug-likeness (QED) is 0.137. The summed E-state index contributed by atoms with van der Waals surface area (Å²) in [5.74, 6) is 1.62. The molecule has 6 N–H and O–H groups in total. The summed E-state index contributed by atoms with van der Waals surface area (Å²) in [6.07, 6.45) is 9.44. The van der Waals surface area contributed by atoms with Gasteiger partial charge in [0.15, 0.2) is 22.4 Å². The molecule has 0 saturated carbocycles. The highest BCUT2D eigenvalue weighted by molar-refractivity contribution is 8.15. The number of fused-ring (bicyclic) bond motifs is 2. The normalized spacial score (nSPS) is 16.5. The first-order valence-corrected chi connectivity index (χ1v) is 16.7. The summed E-state index contributed by atoms with van der Waals surface area (Å²) in [4.78, 5) is 45.6. The molecule has 1 saturated heterocycles. The van der Waals surface area contributed by atoms with E-state index >= 15 is 0 Å². The third-order valence-electron chi connectivity index (χ3n) is 7.09. The second-order valence-corrected chi connectivity index (χ2v) is 13.1. The summed E-state index contributed by atoms with van der Waals surface area (Å²) >= 11 is 2.73. The second-order valence-electron chi connectivity index (χ2n) is 11.1. The lowest BCUT2D eigenvalue weighted by atomic mass is 10.1. The zero-order valence-corrected chi connectivity index (χ0v) is 28.0. The van der Waals surface area contributed by atoms with Crippen molar-refractivity contribution in [1.29, 1.82) is 0 Å². The molecule has 4 aromatic rings. The highest BCUT2D eigenvalue weighted by Gasteiger charge is 2.20. The van der Waals surface area contributed by atoms with Crippen LogP contribution >= 0.6 is 23.1 Å². The summed E-state index contributed by atoms with van der Waals surface area (Å²) in [7, 11) is 0. The highest BCUT2D eigenvalue weighted by atomic mass is 32.2. The molecule has 6 rings (SSSR count). The van der Waals surface area contributed by atoms with Crippen molar-refractivity contribution in [1.82, 2.24) is 25.3 Å². The molecule has 6 heterocycles. The molecule has 0 aliphatic carbocycles. The number of aromatic amines is 1. The molecule has 15 heteroatoms. The van der Waals surface area contributed by atoms with Crippen LogP contribution in [0.5, 0.6) is 5.88 Å². The molecular weight excluding hydrogens is 641 g/mol. The number of hydrogen-bond donors (Lipinski definition) is 6. The van der Waals surface area contributed by atoms with Crippen molar-refractivity contribution < 1.29 is 24.9 Å². The van der Waals surface area contributed by atoms with E-state index < -0.39 is 0 Å². The number of amidine groups is 1. The van der Waals surface area contributed by atoms with Crippen molar-refractivity contribution in [3.63, 3.8) is 0 Å². The molecule has 2 aliphatic heterocycles. The first kappa shape index (κ1) is 35.4. The van der Waals surface area contributed by atoms with Crippen molar-refractivity contribution in [2.75, 3.05) is 24.3 Å². The molecule has 0 unspecified atom stereocenters. The van der Waals surface area contributed by atoms with E-state index in [1.54, 1.807) is 24.8 Å². The number of thioether (sulfide) groups is 1. The van der Waals surface area contributed by atoms with Gasteiger partial charge in [-0.1, -0.05) is 50.8 Å². The predicted molar refractivity (Wildman–Crippen MR) is 189 cm³/mol. The number of hydrogen-bond acceptors (Lipinski definition) is 13. The number of aromatic hydroxyl groups is 1. The summed E-state index contributed by atoms with van der Waals surface area (Å²) in [5.41, 5.74) is 3.24. The Balaban J connectivity index is 0.000000176. The van der Waals surface area contributed by atoms with E-state index in [9.17, 15) is 19.8 Å². The predicted octanol–water partition coefficient (Wildman–Crippen LogP) is 4.53. The maximum absolute atomic E-state index is 10.8. The molecule has 248 valence electrons. The van der Waals surface area contributed by atoms with Gasteiger partial charge in [0, 0.05) is 46.9 Å². The number of pyridine rings is 2. The molecule has 0 spiro atoms. The van der Waals surface area contributed by atoms with Crippen LogP contribution in [0.1, 0.15) is 48.5 Å². The summed E-state index contributed by atoms with van der Waals surface area (Å²) in [5, 5.41) is 36.3. The number of aliphatic hydroxyl groups is 2. The van der Waals surface area contributed by atoms with E-state index in [4.69, 9.17) is 5.11 Å². The Morgan fingerprint density at radius 2 is 1.85 bits per heavy atom. The van der Waals surface area contributed by atoms with Crippen LogP contribution in [-0.4, -0.2) is 89.9 Å². The van der Waals surface area contributed by atoms with Crippen LogP contribution in [0.3, 0.4) is 0 Å². The van der Waals surface area contributed by atoms with Gasteiger partial charge in [0.25, 0.3) is 0 Å². The number of aliphatic hydroxyl groups excluding tert-OH is 2. The Morgan fingerprint density at radius 1 is 1.09 bits per heavy atom. The number of nitrogens with one attached hydrogen (secondary N) is 3. The van der Waals surface area contributed by atoms with E-state index in [0.29, 0.717) is 32.3 Å². The molecule has 13 nitrogen and oxygen atoms in total. The Kier molecular flexibility index (Phi) is 12.8. The lowest BCUT2D eigenvalue weighted by Gasteiger charge is -2.18. The smallest absolute Gasteiger partial charge is 0.236 e. The van der Waals surface area contributed by atoms with Gasteiger partial charge >= 0.3 is 0 Å². The van der Waals surface area contributed by atoms with Crippen LogP contribution in [0.25, 0.3) is 22.7 Å². The number of aromatic nitrogens is 4. The number of rotatable bonds is 9. The van der Waals surface area contributed by atoms with E-state index in [1.165, 1.54) is 23.1 Å². The van der Waals surface area contributed by atoms with Crippen LogP contribution in [0.2, 0.25) is 0 Å². The molecule has 2 atom stereocenters. The largest absolute Gasteiger partial charge is 0.492 e. The van der Waals surface area contributed by atoms with Crippen LogP contribution in [0, 0.1) is 11.8 Å². The summed E-state index contributed by atoms with van der Waals surface area (Å²) in [6, 6.07) is 7.26. The monoisotopic (exact) mass is 678 g/mol. The lowest BCUT2D eigenvalue weighted by molar-refractivity contribution is -0.116. The SMILES string of the molecule is CC(C)[C@H](CO)N=C1NC(=O)CS1.CC(C)[C@H](CO)Nc1nc(O)c(C=C2C=Nc3ncccc32)s1.O=Cc1c[nH]c2ncccc12. The van der Waals surface area contributed by atoms with Gasteiger partial charge in [-0.15, -0.1) is 0 Å². The van der Waals surface area contributed by atoms with Crippen molar-refractivity contribution in [2.24, 2.45) is 21.8 Å². The van der Waals surface area contributed by atoms with Gasteiger partial charge in [-0.3, -0.25) is 14.6 Å². The third kappa shape index (κ3) is 9.54. The van der Waals surface area contributed by atoms with Crippen molar-refractivity contribution in [3.05, 3.63) is 58.9 Å². The number of amides is 1. The maximum atomic E-state index is 10.8. The van der Waals surface area contributed by atoms with Crippen LogP contribution < -0.4 is 10.6 Å². The Labute approximate surface area is 280 Å². The number of carbonyl (C=O) groups is 2. The number of allylic oxidation sites excluding steroid dienone is 1. The molecule has 4 aromatic heterocycles. The highest BCUT2D eigenvalue weighted by Crippen LogP contribution is 2.35.